The van der Waals surface area contributed by atoms with Gasteiger partial charge in [-0.3, -0.25) is 0 Å². The molecular formula is C13H20. The molecule has 1 fully saturated rings. The Balaban J connectivity index is 2.21. The summed E-state index contributed by atoms with van der Waals surface area (Å²) < 4.78 is 0. The molecule has 0 aromatic heterocycles. The lowest BCUT2D eigenvalue weighted by molar-refractivity contribution is 0.0126. The van der Waals surface area contributed by atoms with Gasteiger partial charge in [0.25, 0.3) is 0 Å². The third kappa shape index (κ3) is 1.37. The van der Waals surface area contributed by atoms with Crippen LogP contribution in [-0.2, 0) is 0 Å². The molecule has 2 aliphatic rings. The quantitative estimate of drug-likeness (QED) is 0.490. The van der Waals surface area contributed by atoms with E-state index in [9.17, 15) is 0 Å². The molecule has 0 N–H and O–H groups in total. The predicted molar refractivity (Wildman–Crippen MR) is 57.5 cm³/mol. The fourth-order valence-electron chi connectivity index (χ4n) is 2.98. The Morgan fingerprint density at radius 2 is 2.15 bits per heavy atom. The number of allylic oxidation sites excluding steroid dienone is 3. The van der Waals surface area contributed by atoms with Gasteiger partial charge in [-0.05, 0) is 43.4 Å². The van der Waals surface area contributed by atoms with Gasteiger partial charge < -0.3 is 0 Å². The molecule has 2 unspecified atom stereocenters. The number of rotatable bonds is 0. The summed E-state index contributed by atoms with van der Waals surface area (Å²) in [6.07, 6.45) is 6.16. The minimum atomic E-state index is 0.563. The maximum absolute atomic E-state index is 4.21. The third-order valence-corrected chi connectivity index (χ3v) is 4.01. The highest BCUT2D eigenvalue weighted by Gasteiger charge is 2.48. The van der Waals surface area contributed by atoms with Crippen LogP contribution in [0.5, 0.6) is 0 Å². The van der Waals surface area contributed by atoms with Crippen LogP contribution in [0, 0.1) is 17.3 Å². The van der Waals surface area contributed by atoms with E-state index in [4.69, 9.17) is 0 Å². The Morgan fingerprint density at radius 1 is 1.46 bits per heavy atom. The van der Waals surface area contributed by atoms with E-state index in [2.05, 4.69) is 33.4 Å². The molecule has 2 aliphatic carbocycles. The highest BCUT2D eigenvalue weighted by molar-refractivity contribution is 5.22. The molecule has 72 valence electrons. The molecule has 13 heavy (non-hydrogen) atoms. The van der Waals surface area contributed by atoms with Crippen LogP contribution in [-0.4, -0.2) is 0 Å². The van der Waals surface area contributed by atoms with Crippen molar-refractivity contribution in [3.05, 3.63) is 23.8 Å². The summed E-state index contributed by atoms with van der Waals surface area (Å²) in [5, 5.41) is 0. The van der Waals surface area contributed by atoms with Crippen LogP contribution >= 0.6 is 0 Å². The zero-order chi connectivity index (χ0) is 9.64. The molecule has 0 radical (unpaired) electrons. The van der Waals surface area contributed by atoms with Crippen molar-refractivity contribution >= 4 is 0 Å². The molecule has 0 aromatic carbocycles. The van der Waals surface area contributed by atoms with Crippen molar-refractivity contribution < 1.29 is 0 Å². The van der Waals surface area contributed by atoms with Crippen molar-refractivity contribution in [2.24, 2.45) is 17.3 Å². The van der Waals surface area contributed by atoms with E-state index in [-0.39, 0.29) is 0 Å². The third-order valence-electron chi connectivity index (χ3n) is 4.01. The maximum atomic E-state index is 4.21. The molecule has 0 spiro atoms. The van der Waals surface area contributed by atoms with Crippen LogP contribution in [0.25, 0.3) is 0 Å². The zero-order valence-corrected chi connectivity index (χ0v) is 9.06. The second kappa shape index (κ2) is 2.73. The fraction of sp³-hybridized carbons (Fsp3) is 0.692. The largest absolute Gasteiger partial charge is 0.0993 e. The minimum Gasteiger partial charge on any atom is -0.0993 e. The monoisotopic (exact) mass is 176 g/mol. The van der Waals surface area contributed by atoms with Crippen LogP contribution in [0.4, 0.5) is 0 Å². The standard InChI is InChI=1S/C13H20/c1-9-5-6-10(2)11-8-13(3,4)12(11)7-9/h5,11-12H,2,6-8H2,1,3-4H3. The molecule has 0 heteroatoms. The Bertz CT molecular complexity index is 268. The molecule has 0 saturated heterocycles. The Morgan fingerprint density at radius 3 is 2.77 bits per heavy atom. The van der Waals surface area contributed by atoms with E-state index in [1.807, 2.05) is 0 Å². The Labute approximate surface area is 81.7 Å². The van der Waals surface area contributed by atoms with Gasteiger partial charge in [-0.1, -0.05) is 37.6 Å². The molecule has 0 aliphatic heterocycles. The highest BCUT2D eigenvalue weighted by Crippen LogP contribution is 2.57. The summed E-state index contributed by atoms with van der Waals surface area (Å²) in [5.74, 6) is 1.70. The van der Waals surface area contributed by atoms with E-state index < -0.39 is 0 Å². The van der Waals surface area contributed by atoms with Gasteiger partial charge in [-0.2, -0.15) is 0 Å². The Hall–Kier alpha value is -0.520. The van der Waals surface area contributed by atoms with Gasteiger partial charge >= 0.3 is 0 Å². The minimum absolute atomic E-state index is 0.563. The zero-order valence-electron chi connectivity index (χ0n) is 9.06. The van der Waals surface area contributed by atoms with Crippen LogP contribution in [0.3, 0.4) is 0 Å². The number of fused-ring (bicyclic) bond motifs is 1. The van der Waals surface area contributed by atoms with Crippen LogP contribution < -0.4 is 0 Å². The summed E-state index contributed by atoms with van der Waals surface area (Å²) in [6, 6.07) is 0. The lowest BCUT2D eigenvalue weighted by Crippen LogP contribution is -2.44. The predicted octanol–water partition coefficient (Wildman–Crippen LogP) is 3.95. The summed E-state index contributed by atoms with van der Waals surface area (Å²) in [5.41, 5.74) is 3.61. The van der Waals surface area contributed by atoms with E-state index in [0.29, 0.717) is 5.41 Å². The lowest BCUT2D eigenvalue weighted by Gasteiger charge is -2.52. The van der Waals surface area contributed by atoms with Gasteiger partial charge in [-0.25, -0.2) is 0 Å². The first kappa shape index (κ1) is 9.05. The summed E-state index contributed by atoms with van der Waals surface area (Å²) >= 11 is 0. The second-order valence-corrected chi connectivity index (χ2v) is 5.52. The lowest BCUT2D eigenvalue weighted by atomic mass is 9.53. The van der Waals surface area contributed by atoms with Crippen molar-refractivity contribution in [3.63, 3.8) is 0 Å². The van der Waals surface area contributed by atoms with Crippen LogP contribution in [0.1, 0.15) is 40.0 Å². The maximum Gasteiger partial charge on any atom is -0.0136 e. The molecule has 0 bridgehead atoms. The molecule has 0 nitrogen and oxygen atoms in total. The van der Waals surface area contributed by atoms with E-state index in [1.54, 1.807) is 5.57 Å². The van der Waals surface area contributed by atoms with Gasteiger partial charge in [0.15, 0.2) is 0 Å². The highest BCUT2D eigenvalue weighted by atomic mass is 14.5. The van der Waals surface area contributed by atoms with Crippen LogP contribution in [0.15, 0.2) is 23.8 Å². The first-order chi connectivity index (χ1) is 6.00. The van der Waals surface area contributed by atoms with Crippen molar-refractivity contribution in [1.29, 1.82) is 0 Å². The Kier molecular flexibility index (Phi) is 1.90. The smallest absolute Gasteiger partial charge is 0.0136 e. The van der Waals surface area contributed by atoms with E-state index in [1.165, 1.54) is 18.4 Å². The van der Waals surface area contributed by atoms with E-state index >= 15 is 0 Å². The number of hydrogen-bond acceptors (Lipinski definition) is 0. The molecule has 0 heterocycles. The van der Waals surface area contributed by atoms with Gasteiger partial charge in [-0.15, -0.1) is 0 Å². The van der Waals surface area contributed by atoms with Crippen molar-refractivity contribution in [3.8, 4) is 0 Å². The van der Waals surface area contributed by atoms with Gasteiger partial charge in [0.1, 0.15) is 0 Å². The summed E-state index contributed by atoms with van der Waals surface area (Å²) in [6.45, 7) is 11.3. The normalized spacial score (nSPS) is 37.2. The number of hydrogen-bond donors (Lipinski definition) is 0. The van der Waals surface area contributed by atoms with Crippen molar-refractivity contribution in [2.75, 3.05) is 0 Å². The summed E-state index contributed by atoms with van der Waals surface area (Å²) in [7, 11) is 0. The molecule has 0 amide bonds. The molecular weight excluding hydrogens is 156 g/mol. The van der Waals surface area contributed by atoms with Gasteiger partial charge in [0.05, 0.1) is 0 Å². The first-order valence-electron chi connectivity index (χ1n) is 5.34. The van der Waals surface area contributed by atoms with Gasteiger partial charge in [0, 0.05) is 0 Å². The van der Waals surface area contributed by atoms with E-state index in [0.717, 1.165) is 18.3 Å². The van der Waals surface area contributed by atoms with Crippen molar-refractivity contribution in [1.82, 2.24) is 0 Å². The molecule has 0 aromatic rings. The molecule has 2 atom stereocenters. The second-order valence-electron chi connectivity index (χ2n) is 5.52. The molecule has 1 saturated carbocycles. The fourth-order valence-corrected chi connectivity index (χ4v) is 2.98. The van der Waals surface area contributed by atoms with Crippen LogP contribution in [0.2, 0.25) is 0 Å². The average molecular weight is 176 g/mol. The molecule has 2 rings (SSSR count). The SMILES string of the molecule is C=C1CC=C(C)CC2C1CC2(C)C. The first-order valence-corrected chi connectivity index (χ1v) is 5.34. The van der Waals surface area contributed by atoms with Crippen molar-refractivity contribution in [2.45, 2.75) is 40.0 Å². The summed E-state index contributed by atoms with van der Waals surface area (Å²) in [4.78, 5) is 0. The average Bonchev–Trinajstić information content (AvgIpc) is 2.16. The van der Waals surface area contributed by atoms with Gasteiger partial charge in [0.2, 0.25) is 0 Å². The topological polar surface area (TPSA) is 0 Å².